The van der Waals surface area contributed by atoms with Crippen molar-refractivity contribution in [1.29, 1.82) is 0 Å². The second-order valence-electron chi connectivity index (χ2n) is 4.57. The van der Waals surface area contributed by atoms with E-state index in [0.29, 0.717) is 4.88 Å². The van der Waals surface area contributed by atoms with Crippen molar-refractivity contribution < 1.29 is 19.5 Å². The summed E-state index contributed by atoms with van der Waals surface area (Å²) >= 11 is 1.20. The first-order valence-corrected chi connectivity index (χ1v) is 6.86. The van der Waals surface area contributed by atoms with E-state index >= 15 is 0 Å². The second-order valence-corrected chi connectivity index (χ2v) is 5.60. The molecule has 0 bridgehead atoms. The predicted molar refractivity (Wildman–Crippen MR) is 76.0 cm³/mol. The molecule has 8 nitrogen and oxygen atoms in total. The van der Waals surface area contributed by atoms with E-state index in [1.54, 1.807) is 17.8 Å². The van der Waals surface area contributed by atoms with E-state index in [1.165, 1.54) is 11.3 Å². The first kappa shape index (κ1) is 15.0. The number of amides is 2. The predicted octanol–water partition coefficient (Wildman–Crippen LogP) is 0.00162. The van der Waals surface area contributed by atoms with Gasteiger partial charge in [0.15, 0.2) is 0 Å². The summed E-state index contributed by atoms with van der Waals surface area (Å²) in [6.45, 7) is 1.82. The first-order chi connectivity index (χ1) is 9.79. The normalized spacial score (nSPS) is 12.3. The molecule has 0 aromatic carbocycles. The zero-order valence-corrected chi connectivity index (χ0v) is 12.2. The third-order valence-corrected chi connectivity index (χ3v) is 4.13. The Morgan fingerprint density at radius 1 is 1.52 bits per heavy atom. The zero-order chi connectivity index (χ0) is 15.7. The fourth-order valence-electron chi connectivity index (χ4n) is 1.95. The van der Waals surface area contributed by atoms with Gasteiger partial charge in [0.1, 0.15) is 10.9 Å². The number of carbonyl (C=O) groups is 3. The van der Waals surface area contributed by atoms with Gasteiger partial charge in [-0.3, -0.25) is 14.3 Å². The lowest BCUT2D eigenvalue weighted by Crippen LogP contribution is -2.43. The molecule has 0 aliphatic carbocycles. The standard InChI is InChI=1S/C12H14N4O4S/c1-5-6-3-8(21-11(6)16(2)15-5)10(18)14-7(12(19)20)4-9(13)17/h3,7H,4H2,1-2H3,(H2,13,17)(H,14,18)(H,19,20). The molecule has 0 aliphatic heterocycles. The lowest BCUT2D eigenvalue weighted by atomic mass is 10.2. The fraction of sp³-hybridized carbons (Fsp3) is 0.333. The topological polar surface area (TPSA) is 127 Å². The van der Waals surface area contributed by atoms with Crippen molar-refractivity contribution >= 4 is 39.3 Å². The van der Waals surface area contributed by atoms with Crippen molar-refractivity contribution in [1.82, 2.24) is 15.1 Å². The van der Waals surface area contributed by atoms with E-state index in [9.17, 15) is 14.4 Å². The summed E-state index contributed by atoms with van der Waals surface area (Å²) in [5, 5.41) is 16.3. The number of aryl methyl sites for hydroxylation is 2. The summed E-state index contributed by atoms with van der Waals surface area (Å²) in [5.74, 6) is -2.65. The highest BCUT2D eigenvalue weighted by atomic mass is 32.1. The highest BCUT2D eigenvalue weighted by molar-refractivity contribution is 7.20. The molecular formula is C12H14N4O4S. The molecule has 0 aliphatic rings. The SMILES string of the molecule is Cc1nn(C)c2sc(C(=O)NC(CC(N)=O)C(=O)O)cc12. The van der Waals surface area contributed by atoms with Gasteiger partial charge in [0.05, 0.1) is 17.0 Å². The molecule has 1 atom stereocenters. The fourth-order valence-corrected chi connectivity index (χ4v) is 2.97. The van der Waals surface area contributed by atoms with Crippen LogP contribution in [0.15, 0.2) is 6.07 Å². The number of primary amides is 1. The van der Waals surface area contributed by atoms with Gasteiger partial charge in [0.2, 0.25) is 5.91 Å². The Labute approximate surface area is 123 Å². The van der Waals surface area contributed by atoms with Crippen LogP contribution in [0.1, 0.15) is 21.8 Å². The molecule has 21 heavy (non-hydrogen) atoms. The van der Waals surface area contributed by atoms with Gasteiger partial charge in [-0.2, -0.15) is 5.10 Å². The highest BCUT2D eigenvalue weighted by Crippen LogP contribution is 2.27. The van der Waals surface area contributed by atoms with E-state index in [0.717, 1.165) is 15.9 Å². The maximum absolute atomic E-state index is 12.1. The van der Waals surface area contributed by atoms with Crippen molar-refractivity contribution in [2.45, 2.75) is 19.4 Å². The van der Waals surface area contributed by atoms with Crippen molar-refractivity contribution in [3.8, 4) is 0 Å². The van der Waals surface area contributed by atoms with E-state index in [1.807, 2.05) is 6.92 Å². The minimum atomic E-state index is -1.33. The number of rotatable bonds is 5. The number of carbonyl (C=O) groups excluding carboxylic acids is 2. The quantitative estimate of drug-likeness (QED) is 0.716. The maximum atomic E-state index is 12.1. The minimum Gasteiger partial charge on any atom is -0.480 e. The smallest absolute Gasteiger partial charge is 0.326 e. The van der Waals surface area contributed by atoms with Crippen molar-refractivity contribution in [2.24, 2.45) is 12.8 Å². The number of nitrogens with two attached hydrogens (primary N) is 1. The van der Waals surface area contributed by atoms with Gasteiger partial charge < -0.3 is 16.2 Å². The monoisotopic (exact) mass is 310 g/mol. The molecule has 0 radical (unpaired) electrons. The molecule has 0 saturated heterocycles. The number of aromatic nitrogens is 2. The molecule has 4 N–H and O–H groups in total. The largest absolute Gasteiger partial charge is 0.480 e. The lowest BCUT2D eigenvalue weighted by Gasteiger charge is -2.11. The summed E-state index contributed by atoms with van der Waals surface area (Å²) in [5.41, 5.74) is 5.75. The molecule has 2 rings (SSSR count). The molecule has 0 fully saturated rings. The number of nitrogens with zero attached hydrogens (tertiary/aromatic N) is 2. The summed E-state index contributed by atoms with van der Waals surface area (Å²) in [4.78, 5) is 35.1. The number of aliphatic carboxylic acids is 1. The van der Waals surface area contributed by atoms with Crippen LogP contribution in [0.25, 0.3) is 10.2 Å². The molecule has 9 heteroatoms. The van der Waals surface area contributed by atoms with E-state index < -0.39 is 30.2 Å². The first-order valence-electron chi connectivity index (χ1n) is 6.04. The Kier molecular flexibility index (Phi) is 3.94. The molecule has 2 aromatic rings. The van der Waals surface area contributed by atoms with Gasteiger partial charge in [0, 0.05) is 12.4 Å². The van der Waals surface area contributed by atoms with E-state index in [2.05, 4.69) is 10.4 Å². The van der Waals surface area contributed by atoms with Gasteiger partial charge in [0.25, 0.3) is 5.91 Å². The minimum absolute atomic E-state index is 0.358. The van der Waals surface area contributed by atoms with Gasteiger partial charge in [-0.15, -0.1) is 11.3 Å². The van der Waals surface area contributed by atoms with Crippen LogP contribution in [0, 0.1) is 6.92 Å². The Bertz CT molecular complexity index is 699. The van der Waals surface area contributed by atoms with Crippen molar-refractivity contribution in [3.05, 3.63) is 16.6 Å². The molecule has 2 heterocycles. The number of thiophene rings is 1. The number of hydrogen-bond acceptors (Lipinski definition) is 5. The van der Waals surface area contributed by atoms with Gasteiger partial charge in [-0.1, -0.05) is 0 Å². The van der Waals surface area contributed by atoms with Crippen LogP contribution in [0.2, 0.25) is 0 Å². The summed E-state index contributed by atoms with van der Waals surface area (Å²) < 4.78 is 1.66. The summed E-state index contributed by atoms with van der Waals surface area (Å²) in [6, 6.07) is 0.320. The molecule has 0 saturated carbocycles. The number of carboxylic acids is 1. The molecule has 0 spiro atoms. The van der Waals surface area contributed by atoms with Crippen LogP contribution in [0.4, 0.5) is 0 Å². The van der Waals surface area contributed by atoms with Crippen LogP contribution in [-0.4, -0.2) is 38.7 Å². The Morgan fingerprint density at radius 2 is 2.19 bits per heavy atom. The van der Waals surface area contributed by atoms with E-state index in [-0.39, 0.29) is 0 Å². The van der Waals surface area contributed by atoms with E-state index in [4.69, 9.17) is 10.8 Å². The van der Waals surface area contributed by atoms with Crippen molar-refractivity contribution in [2.75, 3.05) is 0 Å². The average Bonchev–Trinajstić information content (AvgIpc) is 2.91. The third kappa shape index (κ3) is 3.02. The maximum Gasteiger partial charge on any atom is 0.326 e. The van der Waals surface area contributed by atoms with Gasteiger partial charge in [-0.25, -0.2) is 4.79 Å². The van der Waals surface area contributed by atoms with Crippen LogP contribution in [0.5, 0.6) is 0 Å². The number of fused-ring (bicyclic) bond motifs is 1. The number of carboxylic acid groups (broad SMARTS) is 1. The summed E-state index contributed by atoms with van der Waals surface area (Å²) in [6.07, 6.45) is -0.452. The molecule has 2 amide bonds. The molecule has 2 aromatic heterocycles. The Hall–Kier alpha value is -2.42. The van der Waals surface area contributed by atoms with Crippen LogP contribution >= 0.6 is 11.3 Å². The molecular weight excluding hydrogens is 296 g/mol. The van der Waals surface area contributed by atoms with Crippen LogP contribution in [-0.2, 0) is 16.6 Å². The van der Waals surface area contributed by atoms with Gasteiger partial charge in [-0.05, 0) is 13.0 Å². The molecule has 112 valence electrons. The van der Waals surface area contributed by atoms with Crippen molar-refractivity contribution in [3.63, 3.8) is 0 Å². The molecule has 1 unspecified atom stereocenters. The number of hydrogen-bond donors (Lipinski definition) is 3. The Balaban J connectivity index is 2.23. The summed E-state index contributed by atoms with van der Waals surface area (Å²) in [7, 11) is 1.76. The Morgan fingerprint density at radius 3 is 2.71 bits per heavy atom. The highest BCUT2D eigenvalue weighted by Gasteiger charge is 2.24. The van der Waals surface area contributed by atoms with Crippen LogP contribution < -0.4 is 11.1 Å². The zero-order valence-electron chi connectivity index (χ0n) is 11.4. The number of nitrogens with one attached hydrogen (secondary N) is 1. The van der Waals surface area contributed by atoms with Gasteiger partial charge >= 0.3 is 5.97 Å². The lowest BCUT2D eigenvalue weighted by molar-refractivity contribution is -0.140. The third-order valence-electron chi connectivity index (χ3n) is 2.93. The average molecular weight is 310 g/mol. The van der Waals surface area contributed by atoms with Crippen LogP contribution in [0.3, 0.4) is 0 Å². The second kappa shape index (κ2) is 5.52.